The van der Waals surface area contributed by atoms with Crippen LogP contribution in [0.15, 0.2) is 12.3 Å². The molecule has 2 rings (SSSR count). The molecule has 1 aromatic heterocycles. The highest BCUT2D eigenvalue weighted by Gasteiger charge is 2.18. The molecule has 20 heavy (non-hydrogen) atoms. The van der Waals surface area contributed by atoms with Crippen molar-refractivity contribution >= 4 is 18.0 Å². The first kappa shape index (κ1) is 14.4. The fraction of sp³-hybridized carbons (Fsp3) is 0.462. The molecular weight excluding hydrogens is 260 g/mol. The first-order valence-corrected chi connectivity index (χ1v) is 6.38. The number of nitrogens with one attached hydrogen (secondary N) is 1. The quantitative estimate of drug-likeness (QED) is 0.614. The van der Waals surface area contributed by atoms with Crippen LogP contribution in [0.4, 0.5) is 5.82 Å². The van der Waals surface area contributed by atoms with E-state index in [4.69, 9.17) is 4.74 Å². The highest BCUT2D eigenvalue weighted by molar-refractivity contribution is 6.01. The van der Waals surface area contributed by atoms with Gasteiger partial charge in [-0.2, -0.15) is 0 Å². The Bertz CT molecular complexity index is 498. The Labute approximate surface area is 117 Å². The molecule has 1 aliphatic rings. The Morgan fingerprint density at radius 2 is 2.15 bits per heavy atom. The minimum Gasteiger partial charge on any atom is -0.378 e. The highest BCUT2D eigenvalue weighted by Crippen LogP contribution is 2.17. The molecule has 0 atom stereocenters. The van der Waals surface area contributed by atoms with E-state index in [0.717, 1.165) is 13.1 Å². The number of amides is 1. The molecule has 0 unspecified atom stereocenters. The smallest absolute Gasteiger partial charge is 0.266 e. The molecule has 0 aliphatic carbocycles. The molecule has 1 N–H and O–H groups in total. The second-order valence-electron chi connectivity index (χ2n) is 4.68. The zero-order valence-electron chi connectivity index (χ0n) is 11.6. The minimum absolute atomic E-state index is 0.279. The standard InChI is InChI=1S/C13H18N4O3/c1-16(2)15-13(19)11-7-12(14-8-10(11)9-18)17-3-5-20-6-4-17/h7-9H,3-6H2,1-2H3,(H,15,19). The lowest BCUT2D eigenvalue weighted by molar-refractivity contribution is 0.0853. The molecule has 7 nitrogen and oxygen atoms in total. The number of hydrazine groups is 1. The number of hydrogen-bond acceptors (Lipinski definition) is 6. The van der Waals surface area contributed by atoms with Crippen molar-refractivity contribution in [2.45, 2.75) is 0 Å². The molecule has 0 aromatic carbocycles. The van der Waals surface area contributed by atoms with E-state index < -0.39 is 0 Å². The SMILES string of the molecule is CN(C)NC(=O)c1cc(N2CCOCC2)ncc1C=O. The molecule has 0 radical (unpaired) electrons. The van der Waals surface area contributed by atoms with Crippen molar-refractivity contribution in [3.63, 3.8) is 0 Å². The van der Waals surface area contributed by atoms with E-state index in [1.807, 2.05) is 4.90 Å². The van der Waals surface area contributed by atoms with Crippen LogP contribution in [-0.4, -0.2) is 62.6 Å². The van der Waals surface area contributed by atoms with E-state index in [-0.39, 0.29) is 11.5 Å². The first-order chi connectivity index (χ1) is 9.61. The van der Waals surface area contributed by atoms with Gasteiger partial charge in [0.05, 0.1) is 18.8 Å². The third-order valence-electron chi connectivity index (χ3n) is 2.95. The van der Waals surface area contributed by atoms with Gasteiger partial charge in [-0.1, -0.05) is 0 Å². The van der Waals surface area contributed by atoms with E-state index in [0.29, 0.717) is 30.9 Å². The predicted molar refractivity (Wildman–Crippen MR) is 73.8 cm³/mol. The summed E-state index contributed by atoms with van der Waals surface area (Å²) in [5, 5.41) is 1.53. The molecule has 0 saturated carbocycles. The van der Waals surface area contributed by atoms with Crippen LogP contribution in [0.1, 0.15) is 20.7 Å². The topological polar surface area (TPSA) is 74.8 Å². The lowest BCUT2D eigenvalue weighted by Crippen LogP contribution is -2.38. The normalized spacial score (nSPS) is 15.2. The lowest BCUT2D eigenvalue weighted by atomic mass is 10.1. The number of aromatic nitrogens is 1. The summed E-state index contributed by atoms with van der Waals surface area (Å²) in [6.45, 7) is 2.72. The summed E-state index contributed by atoms with van der Waals surface area (Å²) in [7, 11) is 3.42. The molecular formula is C13H18N4O3. The van der Waals surface area contributed by atoms with E-state index in [2.05, 4.69) is 10.4 Å². The summed E-state index contributed by atoms with van der Waals surface area (Å²) in [6, 6.07) is 1.65. The largest absolute Gasteiger partial charge is 0.378 e. The third-order valence-corrected chi connectivity index (χ3v) is 2.95. The number of carbonyl (C=O) groups excluding carboxylic acids is 2. The summed E-state index contributed by atoms with van der Waals surface area (Å²) in [5.41, 5.74) is 3.23. The number of carbonyl (C=O) groups is 2. The maximum atomic E-state index is 12.1. The zero-order chi connectivity index (χ0) is 14.5. The number of anilines is 1. The van der Waals surface area contributed by atoms with Gasteiger partial charge in [-0.05, 0) is 6.07 Å². The summed E-state index contributed by atoms with van der Waals surface area (Å²) in [4.78, 5) is 29.4. The van der Waals surface area contributed by atoms with Crippen molar-refractivity contribution in [1.29, 1.82) is 0 Å². The van der Waals surface area contributed by atoms with Gasteiger partial charge < -0.3 is 9.64 Å². The van der Waals surface area contributed by atoms with Crippen molar-refractivity contribution in [2.75, 3.05) is 45.3 Å². The van der Waals surface area contributed by atoms with Crippen molar-refractivity contribution < 1.29 is 14.3 Å². The zero-order valence-corrected chi connectivity index (χ0v) is 11.6. The number of nitrogens with zero attached hydrogens (tertiary/aromatic N) is 3. The van der Waals surface area contributed by atoms with Gasteiger partial charge in [-0.25, -0.2) is 9.99 Å². The van der Waals surface area contributed by atoms with Gasteiger partial charge in [0, 0.05) is 38.9 Å². The van der Waals surface area contributed by atoms with Gasteiger partial charge in [-0.3, -0.25) is 15.0 Å². The van der Waals surface area contributed by atoms with Crippen LogP contribution in [0.3, 0.4) is 0 Å². The summed E-state index contributed by atoms with van der Waals surface area (Å²) in [5.74, 6) is 0.358. The van der Waals surface area contributed by atoms with Crippen molar-refractivity contribution in [2.24, 2.45) is 0 Å². The van der Waals surface area contributed by atoms with Gasteiger partial charge in [0.1, 0.15) is 5.82 Å². The summed E-state index contributed by atoms with van der Waals surface area (Å²) >= 11 is 0. The molecule has 1 aromatic rings. The van der Waals surface area contributed by atoms with Gasteiger partial charge in [0.2, 0.25) is 0 Å². The molecule has 7 heteroatoms. The number of ether oxygens (including phenoxy) is 1. The first-order valence-electron chi connectivity index (χ1n) is 6.38. The summed E-state index contributed by atoms with van der Waals surface area (Å²) in [6.07, 6.45) is 2.07. The monoisotopic (exact) mass is 278 g/mol. The van der Waals surface area contributed by atoms with Gasteiger partial charge in [0.15, 0.2) is 6.29 Å². The van der Waals surface area contributed by atoms with Crippen molar-refractivity contribution in [1.82, 2.24) is 15.4 Å². The van der Waals surface area contributed by atoms with Gasteiger partial charge in [-0.15, -0.1) is 0 Å². The van der Waals surface area contributed by atoms with Crippen LogP contribution < -0.4 is 10.3 Å². The van der Waals surface area contributed by atoms with E-state index in [9.17, 15) is 9.59 Å². The average molecular weight is 278 g/mol. The van der Waals surface area contributed by atoms with Crippen LogP contribution >= 0.6 is 0 Å². The average Bonchev–Trinajstić information content (AvgIpc) is 2.46. The van der Waals surface area contributed by atoms with E-state index in [1.165, 1.54) is 11.2 Å². The molecule has 108 valence electrons. The Morgan fingerprint density at radius 3 is 2.75 bits per heavy atom. The lowest BCUT2D eigenvalue weighted by Gasteiger charge is -2.28. The predicted octanol–water partition coefficient (Wildman–Crippen LogP) is -0.0629. The second-order valence-corrected chi connectivity index (χ2v) is 4.68. The Morgan fingerprint density at radius 1 is 1.45 bits per heavy atom. The van der Waals surface area contributed by atoms with Crippen LogP contribution in [-0.2, 0) is 4.74 Å². The Kier molecular flexibility index (Phi) is 4.65. The maximum Gasteiger partial charge on any atom is 0.266 e. The van der Waals surface area contributed by atoms with Crippen LogP contribution in [0.2, 0.25) is 0 Å². The number of aldehydes is 1. The number of pyridine rings is 1. The number of hydrogen-bond donors (Lipinski definition) is 1. The van der Waals surface area contributed by atoms with Crippen molar-refractivity contribution in [3.8, 4) is 0 Å². The molecule has 0 spiro atoms. The molecule has 0 bridgehead atoms. The number of rotatable bonds is 4. The summed E-state index contributed by atoms with van der Waals surface area (Å²) < 4.78 is 5.28. The van der Waals surface area contributed by atoms with Crippen LogP contribution in [0, 0.1) is 0 Å². The molecule has 1 amide bonds. The number of morpholine rings is 1. The van der Waals surface area contributed by atoms with Crippen LogP contribution in [0.5, 0.6) is 0 Å². The van der Waals surface area contributed by atoms with E-state index in [1.54, 1.807) is 20.2 Å². The van der Waals surface area contributed by atoms with Gasteiger partial charge in [0.25, 0.3) is 5.91 Å². The van der Waals surface area contributed by atoms with Gasteiger partial charge >= 0.3 is 0 Å². The van der Waals surface area contributed by atoms with Crippen molar-refractivity contribution in [3.05, 3.63) is 23.4 Å². The minimum atomic E-state index is -0.325. The third kappa shape index (κ3) is 3.31. The molecule has 1 saturated heterocycles. The highest BCUT2D eigenvalue weighted by atomic mass is 16.5. The van der Waals surface area contributed by atoms with Crippen LogP contribution in [0.25, 0.3) is 0 Å². The fourth-order valence-corrected chi connectivity index (χ4v) is 1.97. The molecule has 1 fully saturated rings. The molecule has 1 aliphatic heterocycles. The maximum absolute atomic E-state index is 12.1. The van der Waals surface area contributed by atoms with E-state index >= 15 is 0 Å². The second kappa shape index (κ2) is 6.44. The fourth-order valence-electron chi connectivity index (χ4n) is 1.97. The Hall–Kier alpha value is -1.99. The molecule has 2 heterocycles. The Balaban J connectivity index is 2.28.